The summed E-state index contributed by atoms with van der Waals surface area (Å²) in [5, 5.41) is 21.4. The van der Waals surface area contributed by atoms with Gasteiger partial charge in [-0.2, -0.15) is 0 Å². The van der Waals surface area contributed by atoms with Crippen LogP contribution in [0.2, 0.25) is 0 Å². The van der Waals surface area contributed by atoms with Crippen LogP contribution in [0.1, 0.15) is 96.8 Å². The quantitative estimate of drug-likeness (QED) is 0.0489. The highest BCUT2D eigenvalue weighted by Crippen LogP contribution is 2.29. The van der Waals surface area contributed by atoms with Crippen molar-refractivity contribution in [2.24, 2.45) is 5.73 Å². The second-order valence-corrected chi connectivity index (χ2v) is 9.84. The number of nitrogens with two attached hydrogens (primary N) is 1. The van der Waals surface area contributed by atoms with Crippen LogP contribution in [-0.4, -0.2) is 73.9 Å². The molecule has 0 radical (unpaired) electrons. The molecule has 1 heterocycles. The van der Waals surface area contributed by atoms with Crippen molar-refractivity contribution in [3.63, 3.8) is 0 Å². The molecule has 222 valence electrons. The second kappa shape index (κ2) is 23.2. The molecule has 1 aliphatic heterocycles. The number of hydrazine groups is 1. The van der Waals surface area contributed by atoms with Crippen molar-refractivity contribution >= 4 is 11.9 Å². The van der Waals surface area contributed by atoms with Crippen LogP contribution in [0.3, 0.4) is 0 Å². The number of unbranched alkanes of at least 4 members (excludes halogenated alkanes) is 9. The monoisotopic (exact) mass is 544 g/mol. The van der Waals surface area contributed by atoms with Gasteiger partial charge in [0.25, 0.3) is 0 Å². The summed E-state index contributed by atoms with van der Waals surface area (Å²) in [7, 11) is 0. The van der Waals surface area contributed by atoms with E-state index in [9.17, 15) is 14.7 Å². The fourth-order valence-electron chi connectivity index (χ4n) is 4.00. The molecule has 0 aromatic heterocycles. The Morgan fingerprint density at radius 2 is 1.47 bits per heavy atom. The van der Waals surface area contributed by atoms with Gasteiger partial charge >= 0.3 is 5.97 Å². The van der Waals surface area contributed by atoms with Gasteiger partial charge in [0.1, 0.15) is 18.6 Å². The number of amides is 1. The van der Waals surface area contributed by atoms with Gasteiger partial charge in [-0.05, 0) is 45.4 Å². The number of nitrogens with one attached hydrogen (secondary N) is 3. The molecule has 11 heteroatoms. The van der Waals surface area contributed by atoms with Gasteiger partial charge in [0.2, 0.25) is 5.91 Å². The van der Waals surface area contributed by atoms with Gasteiger partial charge in [0.15, 0.2) is 5.76 Å². The SMILES string of the molecule is CC1=C([C@@H](N)CCCCNC(=O)COCCOCCNNC(O)CCCCCCCCCCCC(=O)O)O1. The van der Waals surface area contributed by atoms with Gasteiger partial charge in [-0.15, -0.1) is 0 Å². The molecule has 2 atom stereocenters. The van der Waals surface area contributed by atoms with E-state index in [0.29, 0.717) is 39.3 Å². The number of hydrogen-bond donors (Lipinski definition) is 6. The minimum absolute atomic E-state index is 0.0173. The van der Waals surface area contributed by atoms with Crippen LogP contribution in [0.15, 0.2) is 11.5 Å². The minimum Gasteiger partial charge on any atom is -0.481 e. The van der Waals surface area contributed by atoms with Gasteiger partial charge in [-0.3, -0.25) is 15.0 Å². The summed E-state index contributed by atoms with van der Waals surface area (Å²) in [5.41, 5.74) is 11.8. The molecular weight excluding hydrogens is 492 g/mol. The Morgan fingerprint density at radius 3 is 2.13 bits per heavy atom. The molecule has 0 saturated heterocycles. The van der Waals surface area contributed by atoms with Gasteiger partial charge in [0, 0.05) is 19.5 Å². The zero-order valence-electron chi connectivity index (χ0n) is 23.3. The highest BCUT2D eigenvalue weighted by Gasteiger charge is 2.26. The number of carboxylic acids is 1. The molecule has 11 nitrogen and oxygen atoms in total. The lowest BCUT2D eigenvalue weighted by molar-refractivity contribution is -0.137. The molecule has 1 amide bonds. The van der Waals surface area contributed by atoms with E-state index in [0.717, 1.165) is 69.3 Å². The van der Waals surface area contributed by atoms with Crippen molar-refractivity contribution in [2.75, 3.05) is 39.5 Å². The summed E-state index contributed by atoms with van der Waals surface area (Å²) in [6.07, 6.45) is 12.7. The maximum atomic E-state index is 11.8. The lowest BCUT2D eigenvalue weighted by atomic mass is 10.1. The molecule has 1 rings (SSSR count). The zero-order valence-corrected chi connectivity index (χ0v) is 23.3. The summed E-state index contributed by atoms with van der Waals surface area (Å²) in [5.74, 6) is 0.998. The Morgan fingerprint density at radius 1 is 0.868 bits per heavy atom. The third kappa shape index (κ3) is 21.2. The third-order valence-electron chi connectivity index (χ3n) is 6.28. The lowest BCUT2D eigenvalue weighted by Gasteiger charge is -2.14. The number of carbonyl (C=O) groups is 2. The van der Waals surface area contributed by atoms with E-state index in [1.807, 2.05) is 6.92 Å². The third-order valence-corrected chi connectivity index (χ3v) is 6.28. The number of carbonyl (C=O) groups excluding carboxylic acids is 1. The highest BCUT2D eigenvalue weighted by atomic mass is 16.6. The number of aliphatic hydroxyl groups excluding tert-OH is 1. The van der Waals surface area contributed by atoms with Crippen LogP contribution in [0.25, 0.3) is 0 Å². The molecule has 1 aliphatic rings. The molecule has 0 spiro atoms. The highest BCUT2D eigenvalue weighted by molar-refractivity contribution is 5.77. The van der Waals surface area contributed by atoms with Crippen LogP contribution in [0, 0.1) is 0 Å². The predicted molar refractivity (Wildman–Crippen MR) is 146 cm³/mol. The summed E-state index contributed by atoms with van der Waals surface area (Å²) in [4.78, 5) is 22.2. The van der Waals surface area contributed by atoms with Crippen LogP contribution in [0.5, 0.6) is 0 Å². The number of hydrogen-bond acceptors (Lipinski definition) is 9. The van der Waals surface area contributed by atoms with Crippen molar-refractivity contribution in [3.8, 4) is 0 Å². The van der Waals surface area contributed by atoms with Crippen molar-refractivity contribution < 1.29 is 34.0 Å². The fraction of sp³-hybridized carbons (Fsp3) is 0.852. The number of ether oxygens (including phenoxy) is 3. The standard InChI is InChI=1S/C27H52N4O7/c1-22-27(38-22)23(28)13-11-12-16-29-25(33)21-37-20-19-36-18-17-30-31-24(32)14-9-7-5-3-2-4-6-8-10-15-26(34)35/h23-24,30-32H,2-21,28H2,1H3,(H,29,33)(H,34,35)/t23-,24?/m0/s1. The molecule has 0 aromatic carbocycles. The van der Waals surface area contributed by atoms with Gasteiger partial charge in [-0.1, -0.05) is 44.9 Å². The largest absolute Gasteiger partial charge is 0.481 e. The van der Waals surface area contributed by atoms with Gasteiger partial charge < -0.3 is 35.5 Å². The Bertz CT molecular complexity index is 663. The van der Waals surface area contributed by atoms with Gasteiger partial charge in [-0.25, -0.2) is 5.43 Å². The Balaban J connectivity index is 1.74. The van der Waals surface area contributed by atoms with E-state index in [1.54, 1.807) is 0 Å². The molecule has 0 bridgehead atoms. The maximum absolute atomic E-state index is 11.8. The number of allylic oxidation sites excluding steroid dienone is 1. The zero-order chi connectivity index (χ0) is 27.8. The average Bonchev–Trinajstić information content (AvgIpc) is 3.62. The molecule has 1 unspecified atom stereocenters. The van der Waals surface area contributed by atoms with Crippen LogP contribution in [0.4, 0.5) is 0 Å². The average molecular weight is 545 g/mol. The van der Waals surface area contributed by atoms with Crippen molar-refractivity contribution in [3.05, 3.63) is 11.5 Å². The molecule has 7 N–H and O–H groups in total. The molecular formula is C27H52N4O7. The minimum atomic E-state index is -0.705. The van der Waals surface area contributed by atoms with Crippen LogP contribution in [-0.2, 0) is 23.8 Å². The summed E-state index contributed by atoms with van der Waals surface area (Å²) < 4.78 is 16.0. The topological polar surface area (TPSA) is 168 Å². The van der Waals surface area contributed by atoms with E-state index >= 15 is 0 Å². The summed E-state index contributed by atoms with van der Waals surface area (Å²) >= 11 is 0. The van der Waals surface area contributed by atoms with Crippen LogP contribution >= 0.6 is 0 Å². The molecule has 0 fully saturated rings. The number of aliphatic carboxylic acids is 1. The first kappa shape index (κ1) is 34.3. The Hall–Kier alpha value is -1.76. The van der Waals surface area contributed by atoms with E-state index in [2.05, 4.69) is 16.2 Å². The van der Waals surface area contributed by atoms with Gasteiger partial charge in [0.05, 0.1) is 25.9 Å². The van der Waals surface area contributed by atoms with E-state index in [1.165, 1.54) is 19.3 Å². The van der Waals surface area contributed by atoms with Crippen LogP contribution < -0.4 is 21.9 Å². The Labute approximate surface area is 228 Å². The molecule has 0 aliphatic carbocycles. The van der Waals surface area contributed by atoms with Crippen molar-refractivity contribution in [1.29, 1.82) is 0 Å². The summed E-state index contributed by atoms with van der Waals surface area (Å²) in [6.45, 7) is 4.29. The number of carboxylic acid groups (broad SMARTS) is 1. The molecule has 38 heavy (non-hydrogen) atoms. The van der Waals surface area contributed by atoms with E-state index in [4.69, 9.17) is 25.1 Å². The lowest BCUT2D eigenvalue weighted by Crippen LogP contribution is -2.42. The fourth-order valence-corrected chi connectivity index (χ4v) is 4.00. The predicted octanol–water partition coefficient (Wildman–Crippen LogP) is 2.68. The van der Waals surface area contributed by atoms with Crippen molar-refractivity contribution in [1.82, 2.24) is 16.2 Å². The summed E-state index contributed by atoms with van der Waals surface area (Å²) in [6, 6.07) is -0.0301. The van der Waals surface area contributed by atoms with Crippen molar-refractivity contribution in [2.45, 2.75) is 109 Å². The molecule has 0 saturated carbocycles. The first-order valence-electron chi connectivity index (χ1n) is 14.3. The Kier molecular flexibility index (Phi) is 20.9. The maximum Gasteiger partial charge on any atom is 0.303 e. The van der Waals surface area contributed by atoms with E-state index in [-0.39, 0.29) is 25.0 Å². The van der Waals surface area contributed by atoms with E-state index < -0.39 is 12.2 Å². The smallest absolute Gasteiger partial charge is 0.303 e. The number of rotatable bonds is 28. The second-order valence-electron chi connectivity index (χ2n) is 9.84. The first-order chi connectivity index (χ1) is 18.4. The normalized spacial score (nSPS) is 14.3. The molecule has 0 aromatic rings. The number of aliphatic hydroxyl groups is 1. The first-order valence-corrected chi connectivity index (χ1v) is 14.3.